The lowest BCUT2D eigenvalue weighted by Crippen LogP contribution is -2.28. The molecule has 0 radical (unpaired) electrons. The van der Waals surface area contributed by atoms with Gasteiger partial charge in [-0.25, -0.2) is 4.98 Å². The van der Waals surface area contributed by atoms with E-state index in [0.717, 1.165) is 29.7 Å². The molecule has 6 nitrogen and oxygen atoms in total. The van der Waals surface area contributed by atoms with Gasteiger partial charge in [-0.05, 0) is 18.4 Å². The molecule has 124 valence electrons. The minimum atomic E-state index is -0.333. The van der Waals surface area contributed by atoms with Crippen LogP contribution in [0.3, 0.4) is 0 Å². The topological polar surface area (TPSA) is 118 Å². The second kappa shape index (κ2) is 5.64. The van der Waals surface area contributed by atoms with Crippen LogP contribution in [-0.4, -0.2) is 10.8 Å². The first-order valence-electron chi connectivity index (χ1n) is 8.19. The molecule has 1 atom stereocenters. The summed E-state index contributed by atoms with van der Waals surface area (Å²) in [5, 5.41) is 12.6. The molecule has 1 aromatic heterocycles. The van der Waals surface area contributed by atoms with Crippen LogP contribution >= 0.6 is 0 Å². The van der Waals surface area contributed by atoms with Crippen molar-refractivity contribution in [2.75, 3.05) is 16.8 Å². The fourth-order valence-corrected chi connectivity index (χ4v) is 3.74. The molecule has 0 bridgehead atoms. The molecular weight excluding hydrogens is 314 g/mol. The Hall–Kier alpha value is -3.33. The minimum Gasteiger partial charge on any atom is -0.397 e. The van der Waals surface area contributed by atoms with Gasteiger partial charge in [-0.3, -0.25) is 4.79 Å². The Balaban J connectivity index is 2.03. The third-order valence-electron chi connectivity index (χ3n) is 4.85. The minimum absolute atomic E-state index is 0.101. The van der Waals surface area contributed by atoms with E-state index in [0.29, 0.717) is 17.8 Å². The molecule has 5 N–H and O–H groups in total. The van der Waals surface area contributed by atoms with Gasteiger partial charge in [0.05, 0.1) is 5.69 Å². The van der Waals surface area contributed by atoms with Crippen LogP contribution in [0.5, 0.6) is 0 Å². The quantitative estimate of drug-likeness (QED) is 0.739. The summed E-state index contributed by atoms with van der Waals surface area (Å²) in [6.45, 7) is 0. The van der Waals surface area contributed by atoms with Crippen molar-refractivity contribution in [1.29, 1.82) is 5.26 Å². The zero-order valence-electron chi connectivity index (χ0n) is 13.5. The van der Waals surface area contributed by atoms with E-state index >= 15 is 0 Å². The molecule has 1 aliphatic heterocycles. The second-order valence-electron chi connectivity index (χ2n) is 6.30. The summed E-state index contributed by atoms with van der Waals surface area (Å²) in [5.41, 5.74) is 15.9. The van der Waals surface area contributed by atoms with Crippen LogP contribution in [0, 0.1) is 11.3 Å². The van der Waals surface area contributed by atoms with E-state index in [1.807, 2.05) is 36.4 Å². The smallest absolute Gasteiger partial charge is 0.161 e. The van der Waals surface area contributed by atoms with Gasteiger partial charge in [0.1, 0.15) is 23.3 Å². The highest BCUT2D eigenvalue weighted by molar-refractivity contribution is 6.01. The SMILES string of the molecule is N#Cc1c(N)nc2c(c1N)C(c1ccccc1)C1=C(CCCC1=O)N2. The number of Topliss-reactive ketones (excluding diaryl/α,β-unsaturated/α-hetero) is 1. The van der Waals surface area contributed by atoms with Crippen LogP contribution in [0.1, 0.15) is 41.9 Å². The summed E-state index contributed by atoms with van der Waals surface area (Å²) < 4.78 is 0. The predicted molar refractivity (Wildman–Crippen MR) is 95.6 cm³/mol. The number of carbonyl (C=O) groups is 1. The molecule has 2 aliphatic rings. The Morgan fingerprint density at radius 3 is 2.68 bits per heavy atom. The van der Waals surface area contributed by atoms with Crippen LogP contribution < -0.4 is 16.8 Å². The molecule has 4 rings (SSSR count). The van der Waals surface area contributed by atoms with Gasteiger partial charge in [0.15, 0.2) is 5.78 Å². The molecule has 1 aliphatic carbocycles. The molecule has 2 heterocycles. The first-order valence-corrected chi connectivity index (χ1v) is 8.19. The highest BCUT2D eigenvalue weighted by Crippen LogP contribution is 2.48. The van der Waals surface area contributed by atoms with Crippen molar-refractivity contribution in [3.63, 3.8) is 0 Å². The van der Waals surface area contributed by atoms with E-state index in [1.54, 1.807) is 0 Å². The lowest BCUT2D eigenvalue weighted by Gasteiger charge is -2.34. The van der Waals surface area contributed by atoms with Crippen molar-refractivity contribution < 1.29 is 4.79 Å². The molecule has 1 aromatic carbocycles. The van der Waals surface area contributed by atoms with Crippen LogP contribution in [0.2, 0.25) is 0 Å². The Morgan fingerprint density at radius 2 is 1.96 bits per heavy atom. The number of nitrogens with zero attached hydrogens (tertiary/aromatic N) is 2. The van der Waals surface area contributed by atoms with Gasteiger partial charge in [0.2, 0.25) is 0 Å². The van der Waals surface area contributed by atoms with Gasteiger partial charge < -0.3 is 16.8 Å². The lowest BCUT2D eigenvalue weighted by atomic mass is 9.75. The number of pyridine rings is 1. The fraction of sp³-hybridized carbons (Fsp3) is 0.211. The fourth-order valence-electron chi connectivity index (χ4n) is 3.74. The maximum Gasteiger partial charge on any atom is 0.161 e. The average molecular weight is 331 g/mol. The first kappa shape index (κ1) is 15.2. The van der Waals surface area contributed by atoms with Crippen LogP contribution in [0.25, 0.3) is 0 Å². The third-order valence-corrected chi connectivity index (χ3v) is 4.85. The third kappa shape index (κ3) is 2.24. The van der Waals surface area contributed by atoms with Crippen molar-refractivity contribution >= 4 is 23.1 Å². The van der Waals surface area contributed by atoms with E-state index < -0.39 is 0 Å². The predicted octanol–water partition coefficient (Wildman–Crippen LogP) is 2.68. The number of allylic oxidation sites excluding steroid dienone is 2. The largest absolute Gasteiger partial charge is 0.397 e. The number of nitrogen functional groups attached to an aromatic ring is 2. The van der Waals surface area contributed by atoms with Gasteiger partial charge >= 0.3 is 0 Å². The van der Waals surface area contributed by atoms with Crippen molar-refractivity contribution in [3.05, 3.63) is 58.3 Å². The molecule has 0 saturated carbocycles. The van der Waals surface area contributed by atoms with Gasteiger partial charge in [-0.1, -0.05) is 30.3 Å². The number of hydrogen-bond donors (Lipinski definition) is 3. The van der Waals surface area contributed by atoms with Gasteiger partial charge in [0, 0.05) is 29.2 Å². The summed E-state index contributed by atoms with van der Waals surface area (Å²) in [4.78, 5) is 17.1. The van der Waals surface area contributed by atoms with Crippen LogP contribution in [0.4, 0.5) is 17.3 Å². The summed E-state index contributed by atoms with van der Waals surface area (Å²) >= 11 is 0. The maximum atomic E-state index is 12.7. The number of carbonyl (C=O) groups excluding carboxylic acids is 1. The molecule has 0 fully saturated rings. The summed E-state index contributed by atoms with van der Waals surface area (Å²) in [5.74, 6) is 0.420. The molecule has 2 aromatic rings. The first-order chi connectivity index (χ1) is 12.1. The highest BCUT2D eigenvalue weighted by Gasteiger charge is 2.38. The van der Waals surface area contributed by atoms with Crippen LogP contribution in [-0.2, 0) is 4.79 Å². The van der Waals surface area contributed by atoms with Crippen molar-refractivity contribution in [2.24, 2.45) is 0 Å². The Bertz CT molecular complexity index is 956. The normalized spacial score (nSPS) is 18.8. The van der Waals surface area contributed by atoms with E-state index in [2.05, 4.69) is 10.3 Å². The van der Waals surface area contributed by atoms with E-state index in [-0.39, 0.29) is 28.8 Å². The lowest BCUT2D eigenvalue weighted by molar-refractivity contribution is -0.116. The van der Waals surface area contributed by atoms with E-state index in [9.17, 15) is 10.1 Å². The van der Waals surface area contributed by atoms with Crippen molar-refractivity contribution in [2.45, 2.75) is 25.2 Å². The summed E-state index contributed by atoms with van der Waals surface area (Å²) in [6, 6.07) is 11.7. The highest BCUT2D eigenvalue weighted by atomic mass is 16.1. The number of fused-ring (bicyclic) bond motifs is 1. The maximum absolute atomic E-state index is 12.7. The standard InChI is InChI=1S/C19H17N5O/c20-9-11-17(21)16-14(10-5-2-1-3-6-10)15-12(7-4-8-13(15)25)23-19(16)24-18(11)22/h1-3,5-6,14H,4,7-8H2,(H5,21,22,23,24). The number of nitrogens with one attached hydrogen (secondary N) is 1. The molecule has 0 saturated heterocycles. The Labute approximate surface area is 145 Å². The Morgan fingerprint density at radius 1 is 1.20 bits per heavy atom. The average Bonchev–Trinajstić information content (AvgIpc) is 2.61. The zero-order chi connectivity index (χ0) is 17.6. The number of anilines is 3. The van der Waals surface area contributed by atoms with Gasteiger partial charge in [0.25, 0.3) is 0 Å². The summed E-state index contributed by atoms with van der Waals surface area (Å²) in [7, 11) is 0. The number of ketones is 1. The van der Waals surface area contributed by atoms with E-state index in [4.69, 9.17) is 11.5 Å². The molecule has 1 unspecified atom stereocenters. The van der Waals surface area contributed by atoms with Gasteiger partial charge in [-0.15, -0.1) is 0 Å². The molecule has 0 spiro atoms. The van der Waals surface area contributed by atoms with E-state index in [1.165, 1.54) is 0 Å². The number of nitrogens with two attached hydrogens (primary N) is 2. The number of benzene rings is 1. The second-order valence-corrected chi connectivity index (χ2v) is 6.30. The molecule has 6 heteroatoms. The number of rotatable bonds is 1. The summed E-state index contributed by atoms with van der Waals surface area (Å²) in [6.07, 6.45) is 2.11. The van der Waals surface area contributed by atoms with Crippen molar-refractivity contribution in [3.8, 4) is 6.07 Å². The van der Waals surface area contributed by atoms with Crippen LogP contribution in [0.15, 0.2) is 41.6 Å². The Kier molecular flexibility index (Phi) is 3.43. The number of hydrogen-bond acceptors (Lipinski definition) is 6. The zero-order valence-corrected chi connectivity index (χ0v) is 13.5. The number of aromatic nitrogens is 1. The van der Waals surface area contributed by atoms with Crippen molar-refractivity contribution in [1.82, 2.24) is 4.98 Å². The monoisotopic (exact) mass is 331 g/mol. The molecule has 0 amide bonds. The van der Waals surface area contributed by atoms with Gasteiger partial charge in [-0.2, -0.15) is 5.26 Å². The number of nitriles is 1. The molecular formula is C19H17N5O. The molecule has 25 heavy (non-hydrogen) atoms.